The molecule has 7 nitrogen and oxygen atoms in total. The lowest BCUT2D eigenvalue weighted by atomic mass is 9.94. The molecule has 0 spiro atoms. The molecule has 21 heavy (non-hydrogen) atoms. The van der Waals surface area contributed by atoms with E-state index in [1.165, 1.54) is 0 Å². The van der Waals surface area contributed by atoms with Gasteiger partial charge in [-0.3, -0.25) is 4.79 Å². The van der Waals surface area contributed by atoms with Crippen LogP contribution in [-0.4, -0.2) is 53.8 Å². The van der Waals surface area contributed by atoms with Crippen LogP contribution < -0.4 is 5.73 Å². The number of piperidine rings is 1. The fourth-order valence-electron chi connectivity index (χ4n) is 2.60. The van der Waals surface area contributed by atoms with E-state index in [0.29, 0.717) is 24.2 Å². The molecule has 0 aromatic carbocycles. The first-order valence-corrected chi connectivity index (χ1v) is 6.92. The zero-order valence-electron chi connectivity index (χ0n) is 12.4. The van der Waals surface area contributed by atoms with Crippen molar-refractivity contribution in [3.63, 3.8) is 0 Å². The molecule has 0 bridgehead atoms. The van der Waals surface area contributed by atoms with E-state index in [9.17, 15) is 4.79 Å². The van der Waals surface area contributed by atoms with Crippen LogP contribution in [0.25, 0.3) is 0 Å². The van der Waals surface area contributed by atoms with E-state index in [-0.39, 0.29) is 24.9 Å². The zero-order chi connectivity index (χ0) is 14.5. The summed E-state index contributed by atoms with van der Waals surface area (Å²) < 4.78 is 9.91. The number of methoxy groups -OCH3 is 1. The lowest BCUT2D eigenvalue weighted by molar-refractivity contribution is -0.135. The molecule has 1 aliphatic heterocycles. The van der Waals surface area contributed by atoms with Gasteiger partial charge in [-0.15, -0.1) is 12.4 Å². The van der Waals surface area contributed by atoms with Gasteiger partial charge in [0.2, 0.25) is 11.8 Å². The van der Waals surface area contributed by atoms with E-state index in [0.717, 1.165) is 25.8 Å². The minimum atomic E-state index is -0.578. The van der Waals surface area contributed by atoms with Crippen LogP contribution in [0.5, 0.6) is 0 Å². The standard InChI is InChI=1S/C13H22N4O3.ClH/c1-9-15-12(16-20-9)6-10-4-3-5-17(7-10)13(18)11(14)8-19-2;/h10-11H,3-8,14H2,1-2H3;1H. The number of amides is 1. The van der Waals surface area contributed by atoms with Crippen molar-refractivity contribution < 1.29 is 14.1 Å². The zero-order valence-corrected chi connectivity index (χ0v) is 13.3. The number of aryl methyl sites for hydroxylation is 1. The van der Waals surface area contributed by atoms with E-state index in [4.69, 9.17) is 15.0 Å². The highest BCUT2D eigenvalue weighted by molar-refractivity contribution is 5.85. The molecule has 120 valence electrons. The molecule has 1 fully saturated rings. The van der Waals surface area contributed by atoms with E-state index >= 15 is 0 Å². The summed E-state index contributed by atoms with van der Waals surface area (Å²) in [5.74, 6) is 1.61. The molecule has 8 heteroatoms. The Balaban J connectivity index is 0.00000220. The summed E-state index contributed by atoms with van der Waals surface area (Å²) >= 11 is 0. The van der Waals surface area contributed by atoms with Crippen LogP contribution in [-0.2, 0) is 16.0 Å². The average molecular weight is 319 g/mol. The van der Waals surface area contributed by atoms with Crippen molar-refractivity contribution >= 4 is 18.3 Å². The second-order valence-electron chi connectivity index (χ2n) is 5.29. The van der Waals surface area contributed by atoms with Gasteiger partial charge in [-0.25, -0.2) is 0 Å². The Morgan fingerprint density at radius 1 is 1.62 bits per heavy atom. The van der Waals surface area contributed by atoms with Crippen LogP contribution in [0, 0.1) is 12.8 Å². The van der Waals surface area contributed by atoms with E-state index in [2.05, 4.69) is 10.1 Å². The Kier molecular flexibility index (Phi) is 7.07. The lowest BCUT2D eigenvalue weighted by Gasteiger charge is -2.33. The Morgan fingerprint density at radius 3 is 3.00 bits per heavy atom. The molecule has 1 aliphatic rings. The highest BCUT2D eigenvalue weighted by atomic mass is 35.5. The van der Waals surface area contributed by atoms with E-state index in [1.807, 2.05) is 4.90 Å². The Morgan fingerprint density at radius 2 is 2.38 bits per heavy atom. The van der Waals surface area contributed by atoms with Gasteiger partial charge < -0.3 is 19.9 Å². The monoisotopic (exact) mass is 318 g/mol. The van der Waals surface area contributed by atoms with E-state index < -0.39 is 6.04 Å². The van der Waals surface area contributed by atoms with Crippen molar-refractivity contribution in [2.24, 2.45) is 11.7 Å². The van der Waals surface area contributed by atoms with Gasteiger partial charge in [-0.1, -0.05) is 5.16 Å². The van der Waals surface area contributed by atoms with Gasteiger partial charge in [0, 0.05) is 33.5 Å². The number of rotatable bonds is 5. The van der Waals surface area contributed by atoms with Gasteiger partial charge in [-0.2, -0.15) is 4.98 Å². The number of aromatic nitrogens is 2. The highest BCUT2D eigenvalue weighted by Gasteiger charge is 2.27. The number of carbonyl (C=O) groups is 1. The smallest absolute Gasteiger partial charge is 0.241 e. The molecule has 0 aliphatic carbocycles. The SMILES string of the molecule is COCC(N)C(=O)N1CCCC(Cc2noc(C)n2)C1.Cl. The number of likely N-dealkylation sites (tertiary alicyclic amines) is 1. The summed E-state index contributed by atoms with van der Waals surface area (Å²) in [6, 6.07) is -0.578. The Hall–Kier alpha value is -1.18. The van der Waals surface area contributed by atoms with Gasteiger partial charge >= 0.3 is 0 Å². The quantitative estimate of drug-likeness (QED) is 0.852. The minimum absolute atomic E-state index is 0. The van der Waals surface area contributed by atoms with Crippen LogP contribution in [0.4, 0.5) is 0 Å². The van der Waals surface area contributed by atoms with Crippen molar-refractivity contribution in [2.75, 3.05) is 26.8 Å². The van der Waals surface area contributed by atoms with Crippen molar-refractivity contribution in [1.82, 2.24) is 15.0 Å². The van der Waals surface area contributed by atoms with Gasteiger partial charge in [0.1, 0.15) is 6.04 Å². The number of hydrogen-bond donors (Lipinski definition) is 1. The first-order chi connectivity index (χ1) is 9.60. The minimum Gasteiger partial charge on any atom is -0.383 e. The number of hydrogen-bond acceptors (Lipinski definition) is 6. The molecule has 0 radical (unpaired) electrons. The van der Waals surface area contributed by atoms with Crippen LogP contribution >= 0.6 is 12.4 Å². The first-order valence-electron chi connectivity index (χ1n) is 6.92. The topological polar surface area (TPSA) is 94.5 Å². The third-order valence-corrected chi connectivity index (χ3v) is 3.53. The highest BCUT2D eigenvalue weighted by Crippen LogP contribution is 2.20. The van der Waals surface area contributed by atoms with Crippen LogP contribution in [0.3, 0.4) is 0 Å². The van der Waals surface area contributed by atoms with Crippen molar-refractivity contribution in [2.45, 2.75) is 32.2 Å². The van der Waals surface area contributed by atoms with E-state index in [1.54, 1.807) is 14.0 Å². The molecule has 2 rings (SSSR count). The maximum absolute atomic E-state index is 12.2. The third kappa shape index (κ3) is 4.94. The molecule has 2 atom stereocenters. The Bertz CT molecular complexity index is 454. The van der Waals surface area contributed by atoms with Gasteiger partial charge in [0.05, 0.1) is 6.61 Å². The molecule has 1 amide bonds. The van der Waals surface area contributed by atoms with Crippen LogP contribution in [0.15, 0.2) is 4.52 Å². The number of nitrogens with zero attached hydrogens (tertiary/aromatic N) is 3. The summed E-state index contributed by atoms with van der Waals surface area (Å²) in [4.78, 5) is 18.2. The maximum atomic E-state index is 12.2. The number of nitrogens with two attached hydrogens (primary N) is 1. The fourth-order valence-corrected chi connectivity index (χ4v) is 2.60. The predicted octanol–water partition coefficient (Wildman–Crippen LogP) is 0.555. The maximum Gasteiger partial charge on any atom is 0.241 e. The predicted molar refractivity (Wildman–Crippen MR) is 79.1 cm³/mol. The molecular formula is C13H23ClN4O3. The van der Waals surface area contributed by atoms with Gasteiger partial charge in [0.25, 0.3) is 0 Å². The normalized spacial score (nSPS) is 20.0. The molecule has 1 aromatic heterocycles. The average Bonchev–Trinajstić information content (AvgIpc) is 2.84. The molecule has 1 saturated heterocycles. The van der Waals surface area contributed by atoms with Crippen molar-refractivity contribution in [3.05, 3.63) is 11.7 Å². The first kappa shape index (κ1) is 17.9. The van der Waals surface area contributed by atoms with Crippen LogP contribution in [0.1, 0.15) is 24.6 Å². The molecule has 2 heterocycles. The second kappa shape index (κ2) is 8.31. The summed E-state index contributed by atoms with van der Waals surface area (Å²) in [7, 11) is 1.55. The van der Waals surface area contributed by atoms with Gasteiger partial charge in [0.15, 0.2) is 5.82 Å². The number of carbonyl (C=O) groups excluding carboxylic acids is 1. The molecule has 2 unspecified atom stereocenters. The summed E-state index contributed by atoms with van der Waals surface area (Å²) in [6.07, 6.45) is 2.78. The molecule has 2 N–H and O–H groups in total. The molecule has 0 saturated carbocycles. The number of ether oxygens (including phenoxy) is 1. The summed E-state index contributed by atoms with van der Waals surface area (Å²) in [5.41, 5.74) is 5.80. The summed E-state index contributed by atoms with van der Waals surface area (Å²) in [5, 5.41) is 3.91. The third-order valence-electron chi connectivity index (χ3n) is 3.53. The van der Waals surface area contributed by atoms with Crippen LogP contribution in [0.2, 0.25) is 0 Å². The van der Waals surface area contributed by atoms with Gasteiger partial charge in [-0.05, 0) is 18.8 Å². The molecular weight excluding hydrogens is 296 g/mol. The number of halogens is 1. The Labute approximate surface area is 130 Å². The fraction of sp³-hybridized carbons (Fsp3) is 0.769. The largest absolute Gasteiger partial charge is 0.383 e. The molecule has 1 aromatic rings. The van der Waals surface area contributed by atoms with Crippen molar-refractivity contribution in [1.29, 1.82) is 0 Å². The lowest BCUT2D eigenvalue weighted by Crippen LogP contribution is -2.49. The summed E-state index contributed by atoms with van der Waals surface area (Å²) in [6.45, 7) is 3.49. The van der Waals surface area contributed by atoms with Crippen molar-refractivity contribution in [3.8, 4) is 0 Å². The second-order valence-corrected chi connectivity index (χ2v) is 5.29.